The molecular weight excluding hydrogens is 404 g/mol. The van der Waals surface area contributed by atoms with Crippen LogP contribution in [-0.2, 0) is 14.7 Å². The molecule has 0 saturated carbocycles. The number of unbranched alkanes of at least 4 members (excludes halogenated alkanes) is 10. The Morgan fingerprint density at radius 3 is 1.91 bits per heavy atom. The second-order valence-electron chi connectivity index (χ2n) is 11.1. The van der Waals surface area contributed by atoms with Crippen molar-refractivity contribution in [1.82, 2.24) is 10.4 Å². The monoisotopic (exact) mass is 455 g/mol. The van der Waals surface area contributed by atoms with Gasteiger partial charge in [0.1, 0.15) is 5.72 Å². The van der Waals surface area contributed by atoms with Crippen molar-refractivity contribution < 1.29 is 19.8 Å². The predicted octanol–water partition coefficient (Wildman–Crippen LogP) is 5.90. The van der Waals surface area contributed by atoms with E-state index in [0.717, 1.165) is 44.9 Å². The highest BCUT2D eigenvalue weighted by molar-refractivity contribution is 5.76. The third-order valence-corrected chi connectivity index (χ3v) is 6.63. The van der Waals surface area contributed by atoms with E-state index in [1.165, 1.54) is 50.0 Å². The van der Waals surface area contributed by atoms with Crippen LogP contribution < -0.4 is 5.32 Å². The predicted molar refractivity (Wildman–Crippen MR) is 130 cm³/mol. The lowest BCUT2D eigenvalue weighted by molar-refractivity contribution is -0.296. The number of ether oxygens (including phenoxy) is 1. The number of nitrogens with zero attached hydrogens (tertiary/aromatic N) is 1. The summed E-state index contributed by atoms with van der Waals surface area (Å²) in [5, 5.41) is 26.1. The van der Waals surface area contributed by atoms with Crippen LogP contribution in [0.2, 0.25) is 0 Å². The Balaban J connectivity index is 2.04. The van der Waals surface area contributed by atoms with Crippen LogP contribution in [0.3, 0.4) is 0 Å². The van der Waals surface area contributed by atoms with Gasteiger partial charge in [0.2, 0.25) is 5.91 Å². The summed E-state index contributed by atoms with van der Waals surface area (Å²) in [7, 11) is 0. The molecule has 0 aliphatic carbocycles. The van der Waals surface area contributed by atoms with E-state index in [-0.39, 0.29) is 12.5 Å². The topological polar surface area (TPSA) is 81.7 Å². The lowest BCUT2D eigenvalue weighted by Gasteiger charge is -2.35. The van der Waals surface area contributed by atoms with Crippen LogP contribution in [0.4, 0.5) is 0 Å². The van der Waals surface area contributed by atoms with Crippen LogP contribution >= 0.6 is 0 Å². The van der Waals surface area contributed by atoms with Gasteiger partial charge in [0, 0.05) is 6.42 Å². The molecule has 6 nitrogen and oxygen atoms in total. The largest absolute Gasteiger partial charge is 0.394 e. The van der Waals surface area contributed by atoms with Gasteiger partial charge in [0.15, 0.2) is 0 Å². The van der Waals surface area contributed by atoms with Crippen LogP contribution in [0.25, 0.3) is 0 Å². The number of amides is 1. The summed E-state index contributed by atoms with van der Waals surface area (Å²) in [5.74, 6) is 0.0344. The number of carbonyl (C=O) groups excluding carboxylic acids is 1. The van der Waals surface area contributed by atoms with Crippen molar-refractivity contribution >= 4 is 5.91 Å². The molecule has 1 saturated heterocycles. The number of carbonyl (C=O) groups is 1. The zero-order valence-corrected chi connectivity index (χ0v) is 21.6. The maximum absolute atomic E-state index is 12.8. The van der Waals surface area contributed by atoms with E-state index in [1.807, 2.05) is 27.7 Å². The molecule has 1 fully saturated rings. The van der Waals surface area contributed by atoms with Crippen LogP contribution in [0.15, 0.2) is 0 Å². The van der Waals surface area contributed by atoms with Crippen molar-refractivity contribution in [3.05, 3.63) is 0 Å². The summed E-state index contributed by atoms with van der Waals surface area (Å²) in [6.45, 7) is 10.3. The molecule has 1 amide bonds. The summed E-state index contributed by atoms with van der Waals surface area (Å²) < 4.78 is 6.08. The number of hydrogen-bond acceptors (Lipinski definition) is 4. The summed E-state index contributed by atoms with van der Waals surface area (Å²) in [4.78, 5) is 11.8. The van der Waals surface area contributed by atoms with E-state index >= 15 is 0 Å². The molecule has 0 aromatic carbocycles. The number of hydroxylamine groups is 2. The van der Waals surface area contributed by atoms with Gasteiger partial charge in [0.25, 0.3) is 0 Å². The first kappa shape index (κ1) is 29.3. The summed E-state index contributed by atoms with van der Waals surface area (Å²) in [6, 6.07) is 0. The van der Waals surface area contributed by atoms with Crippen LogP contribution in [0.5, 0.6) is 0 Å². The Morgan fingerprint density at radius 2 is 1.44 bits per heavy atom. The molecule has 0 spiro atoms. The Labute approximate surface area is 197 Å². The van der Waals surface area contributed by atoms with Gasteiger partial charge < -0.3 is 15.2 Å². The lowest BCUT2D eigenvalue weighted by atomic mass is 9.95. The number of hydrogen-bond donors (Lipinski definition) is 2. The fourth-order valence-corrected chi connectivity index (χ4v) is 4.49. The smallest absolute Gasteiger partial charge is 0.220 e. The minimum Gasteiger partial charge on any atom is -0.394 e. The summed E-state index contributed by atoms with van der Waals surface area (Å²) in [6.07, 6.45) is 16.1. The maximum atomic E-state index is 12.8. The van der Waals surface area contributed by atoms with Gasteiger partial charge >= 0.3 is 0 Å². The van der Waals surface area contributed by atoms with Crippen molar-refractivity contribution in [2.75, 3.05) is 13.2 Å². The van der Waals surface area contributed by atoms with Crippen LogP contribution in [0, 0.1) is 0 Å². The van der Waals surface area contributed by atoms with Crippen LogP contribution in [-0.4, -0.2) is 46.1 Å². The highest BCUT2D eigenvalue weighted by atomic mass is 16.6. The standard InChI is InChI=1S/C26H51N2O4/c1-6-7-19-26(28(31)25(4,5)22-32-26)20-17-15-13-11-9-8-10-12-14-16-18-23(30)27-24(2,3)21-29/h29H,6-22H2,1-5H3,(H,27,30). The molecule has 0 aromatic rings. The second kappa shape index (κ2) is 14.5. The molecule has 189 valence electrons. The molecule has 6 heteroatoms. The van der Waals surface area contributed by atoms with Gasteiger partial charge in [0.05, 0.1) is 24.3 Å². The average molecular weight is 456 g/mol. The lowest BCUT2D eigenvalue weighted by Crippen LogP contribution is -2.49. The summed E-state index contributed by atoms with van der Waals surface area (Å²) >= 11 is 0. The normalized spacial score (nSPS) is 21.2. The third kappa shape index (κ3) is 10.5. The molecule has 32 heavy (non-hydrogen) atoms. The molecule has 1 rings (SSSR count). The van der Waals surface area contributed by atoms with Crippen molar-refractivity contribution in [3.8, 4) is 0 Å². The van der Waals surface area contributed by atoms with Gasteiger partial charge in [-0.05, 0) is 59.8 Å². The highest BCUT2D eigenvalue weighted by Gasteiger charge is 2.51. The number of aliphatic hydroxyl groups is 1. The molecule has 1 unspecified atom stereocenters. The third-order valence-electron chi connectivity index (χ3n) is 6.63. The molecular formula is C26H51N2O4. The highest BCUT2D eigenvalue weighted by Crippen LogP contribution is 2.40. The fraction of sp³-hybridized carbons (Fsp3) is 0.962. The first-order valence-corrected chi connectivity index (χ1v) is 13.1. The molecule has 1 atom stereocenters. The Bertz CT molecular complexity index is 524. The number of aliphatic hydroxyl groups excluding tert-OH is 1. The van der Waals surface area contributed by atoms with E-state index in [9.17, 15) is 15.1 Å². The van der Waals surface area contributed by atoms with E-state index in [0.29, 0.717) is 13.0 Å². The number of nitrogens with one attached hydrogen (secondary N) is 1. The van der Waals surface area contributed by atoms with Crippen molar-refractivity contribution in [2.45, 2.75) is 148 Å². The average Bonchev–Trinajstić information content (AvgIpc) is 2.97. The van der Waals surface area contributed by atoms with Gasteiger partial charge in [-0.2, -0.15) is 0 Å². The quantitative estimate of drug-likeness (QED) is 0.252. The Kier molecular flexibility index (Phi) is 13.3. The minimum atomic E-state index is -0.593. The van der Waals surface area contributed by atoms with E-state index < -0.39 is 16.8 Å². The van der Waals surface area contributed by atoms with E-state index in [1.54, 1.807) is 0 Å². The van der Waals surface area contributed by atoms with Gasteiger partial charge in [-0.25, -0.2) is 0 Å². The minimum absolute atomic E-state index is 0.0344. The maximum Gasteiger partial charge on any atom is 0.220 e. The van der Waals surface area contributed by atoms with E-state index in [4.69, 9.17) is 4.74 Å². The van der Waals surface area contributed by atoms with Crippen LogP contribution in [0.1, 0.15) is 131 Å². The van der Waals surface area contributed by atoms with Gasteiger partial charge in [-0.15, -0.1) is 10.3 Å². The zero-order chi connectivity index (χ0) is 24.1. The SMILES string of the molecule is CCCCC1(CCCCCCCCCCCCC(=O)NC(C)(C)CO)OCC(C)(C)N1[O]. The molecule has 1 aliphatic rings. The molecule has 0 bridgehead atoms. The number of rotatable bonds is 18. The molecule has 1 heterocycles. The van der Waals surface area contributed by atoms with Crippen molar-refractivity contribution in [1.29, 1.82) is 0 Å². The second-order valence-corrected chi connectivity index (χ2v) is 11.1. The molecule has 1 aliphatic heterocycles. The van der Waals surface area contributed by atoms with Crippen molar-refractivity contribution in [3.63, 3.8) is 0 Å². The first-order chi connectivity index (χ1) is 15.1. The first-order valence-electron chi connectivity index (χ1n) is 13.1. The van der Waals surface area contributed by atoms with E-state index in [2.05, 4.69) is 12.2 Å². The fourth-order valence-electron chi connectivity index (χ4n) is 4.49. The Hall–Kier alpha value is -0.690. The zero-order valence-electron chi connectivity index (χ0n) is 21.6. The molecule has 0 aromatic heterocycles. The van der Waals surface area contributed by atoms with Gasteiger partial charge in [-0.3, -0.25) is 4.79 Å². The van der Waals surface area contributed by atoms with Gasteiger partial charge in [-0.1, -0.05) is 64.7 Å². The van der Waals surface area contributed by atoms with Crippen molar-refractivity contribution in [2.24, 2.45) is 0 Å². The molecule has 2 N–H and O–H groups in total. The Morgan fingerprint density at radius 1 is 0.938 bits per heavy atom. The summed E-state index contributed by atoms with van der Waals surface area (Å²) in [5.41, 5.74) is -1.53. The molecule has 1 radical (unpaired) electrons.